The smallest absolute Gasteiger partial charge is 0.328 e. The van der Waals surface area contributed by atoms with Gasteiger partial charge in [0.25, 0.3) is 0 Å². The molecule has 2 N–H and O–H groups in total. The molecule has 18 heavy (non-hydrogen) atoms. The van der Waals surface area contributed by atoms with Gasteiger partial charge < -0.3 is 15.4 Å². The van der Waals surface area contributed by atoms with E-state index in [1.54, 1.807) is 0 Å². The maximum absolute atomic E-state index is 11.6. The Morgan fingerprint density at radius 3 is 2.33 bits per heavy atom. The van der Waals surface area contributed by atoms with Crippen LogP contribution in [0, 0.1) is 5.92 Å². The third kappa shape index (κ3) is 9.24. The van der Waals surface area contributed by atoms with E-state index in [2.05, 4.69) is 15.4 Å². The maximum atomic E-state index is 11.6. The van der Waals surface area contributed by atoms with Crippen LogP contribution in [-0.2, 0) is 14.3 Å². The van der Waals surface area contributed by atoms with Gasteiger partial charge in [0.15, 0.2) is 0 Å². The van der Waals surface area contributed by atoms with Gasteiger partial charge in [-0.1, -0.05) is 13.8 Å². The van der Waals surface area contributed by atoms with Crippen LogP contribution in [0.1, 0.15) is 33.1 Å². The first-order valence-electron chi connectivity index (χ1n) is 6.03. The minimum Gasteiger partial charge on any atom is -0.467 e. The van der Waals surface area contributed by atoms with Crippen molar-refractivity contribution in [2.24, 2.45) is 5.92 Å². The lowest BCUT2D eigenvalue weighted by Gasteiger charge is -2.18. The first-order valence-corrected chi connectivity index (χ1v) is 6.03. The Kier molecular flexibility index (Phi) is 12.2. The number of hydrogen-bond donors (Lipinski definition) is 2. The fourth-order valence-electron chi connectivity index (χ4n) is 1.52. The molecule has 0 saturated carbocycles. The number of esters is 1. The number of rotatable bonds is 8. The molecule has 0 aromatic rings. The fraction of sp³-hybridized carbons (Fsp3) is 0.833. The lowest BCUT2D eigenvalue weighted by molar-refractivity contribution is -0.145. The number of carbonyl (C=O) groups is 2. The van der Waals surface area contributed by atoms with Gasteiger partial charge in [0.1, 0.15) is 6.04 Å². The molecule has 0 aliphatic carbocycles. The van der Waals surface area contributed by atoms with Gasteiger partial charge in [0.2, 0.25) is 5.91 Å². The molecule has 1 amide bonds. The summed E-state index contributed by atoms with van der Waals surface area (Å²) in [6, 6.07) is -0.526. The summed E-state index contributed by atoms with van der Waals surface area (Å²) in [5, 5.41) is 5.69. The van der Waals surface area contributed by atoms with E-state index in [-0.39, 0.29) is 24.3 Å². The van der Waals surface area contributed by atoms with Gasteiger partial charge in [0, 0.05) is 6.42 Å². The van der Waals surface area contributed by atoms with Crippen LogP contribution in [0.5, 0.6) is 0 Å². The zero-order valence-corrected chi connectivity index (χ0v) is 12.4. The van der Waals surface area contributed by atoms with Gasteiger partial charge in [-0.25, -0.2) is 4.79 Å². The number of amides is 1. The number of nitrogens with one attached hydrogen (secondary N) is 2. The zero-order valence-electron chi connectivity index (χ0n) is 11.6. The lowest BCUT2D eigenvalue weighted by atomic mass is 10.0. The van der Waals surface area contributed by atoms with Gasteiger partial charge in [0.05, 0.1) is 7.11 Å². The minimum absolute atomic E-state index is 0. The van der Waals surface area contributed by atoms with Crippen molar-refractivity contribution in [2.75, 3.05) is 20.7 Å². The molecule has 108 valence electrons. The maximum Gasteiger partial charge on any atom is 0.328 e. The summed E-state index contributed by atoms with van der Waals surface area (Å²) in [7, 11) is 3.18. The normalized spacial score (nSPS) is 11.6. The topological polar surface area (TPSA) is 67.4 Å². The zero-order chi connectivity index (χ0) is 13.3. The van der Waals surface area contributed by atoms with Gasteiger partial charge >= 0.3 is 5.97 Å². The van der Waals surface area contributed by atoms with Crippen molar-refractivity contribution >= 4 is 24.3 Å². The summed E-state index contributed by atoms with van der Waals surface area (Å²) < 4.78 is 4.67. The van der Waals surface area contributed by atoms with Crippen molar-refractivity contribution in [3.8, 4) is 0 Å². The highest BCUT2D eigenvalue weighted by Gasteiger charge is 2.22. The monoisotopic (exact) mass is 280 g/mol. The number of carbonyl (C=O) groups excluding carboxylic acids is 2. The summed E-state index contributed by atoms with van der Waals surface area (Å²) in [5.74, 6) is -0.145. The van der Waals surface area contributed by atoms with Crippen LogP contribution in [0.2, 0.25) is 0 Å². The molecule has 0 heterocycles. The van der Waals surface area contributed by atoms with Crippen LogP contribution < -0.4 is 10.6 Å². The number of halogens is 1. The van der Waals surface area contributed by atoms with Crippen molar-refractivity contribution in [1.29, 1.82) is 0 Å². The van der Waals surface area contributed by atoms with Crippen LogP contribution in [0.25, 0.3) is 0 Å². The highest BCUT2D eigenvalue weighted by Crippen LogP contribution is 2.06. The van der Waals surface area contributed by atoms with Crippen molar-refractivity contribution in [2.45, 2.75) is 39.2 Å². The Morgan fingerprint density at radius 2 is 1.89 bits per heavy atom. The molecule has 0 radical (unpaired) electrons. The minimum atomic E-state index is -0.526. The lowest BCUT2D eigenvalue weighted by Crippen LogP contribution is -2.42. The average Bonchev–Trinajstić information content (AvgIpc) is 2.27. The molecule has 0 saturated heterocycles. The van der Waals surface area contributed by atoms with Crippen LogP contribution in [-0.4, -0.2) is 38.6 Å². The van der Waals surface area contributed by atoms with E-state index >= 15 is 0 Å². The van der Waals surface area contributed by atoms with Gasteiger partial charge in [-0.15, -0.1) is 12.4 Å². The molecule has 0 aromatic heterocycles. The molecule has 0 aliphatic heterocycles. The van der Waals surface area contributed by atoms with Crippen LogP contribution in [0.3, 0.4) is 0 Å². The van der Waals surface area contributed by atoms with Crippen molar-refractivity contribution in [3.05, 3.63) is 0 Å². The summed E-state index contributed by atoms with van der Waals surface area (Å²) >= 11 is 0. The van der Waals surface area contributed by atoms with E-state index in [0.717, 1.165) is 13.0 Å². The van der Waals surface area contributed by atoms with Gasteiger partial charge in [-0.2, -0.15) is 0 Å². The molecular weight excluding hydrogens is 256 g/mol. The standard InChI is InChI=1S/C12H24N2O3.ClH/c1-9(2)8-10(12(16)17-4)14-11(15)6-5-7-13-3;/h9-10,13H,5-8H2,1-4H3,(H,14,15);1H. The predicted molar refractivity (Wildman–Crippen MR) is 73.8 cm³/mol. The highest BCUT2D eigenvalue weighted by atomic mass is 35.5. The Labute approximate surface area is 115 Å². The second-order valence-corrected chi connectivity index (χ2v) is 4.48. The Balaban J connectivity index is 0. The number of methoxy groups -OCH3 is 1. The SMILES string of the molecule is CNCCCC(=O)NC(CC(C)C)C(=O)OC.Cl. The second-order valence-electron chi connectivity index (χ2n) is 4.48. The molecule has 0 aromatic carbocycles. The van der Waals surface area contributed by atoms with Crippen LogP contribution in [0.4, 0.5) is 0 Å². The van der Waals surface area contributed by atoms with Crippen LogP contribution >= 0.6 is 12.4 Å². The number of hydrogen-bond acceptors (Lipinski definition) is 4. The molecule has 0 spiro atoms. The van der Waals surface area contributed by atoms with Crippen LogP contribution in [0.15, 0.2) is 0 Å². The van der Waals surface area contributed by atoms with Crippen molar-refractivity contribution in [3.63, 3.8) is 0 Å². The summed E-state index contributed by atoms with van der Waals surface area (Å²) in [4.78, 5) is 23.0. The second kappa shape index (κ2) is 11.3. The largest absolute Gasteiger partial charge is 0.467 e. The molecule has 1 unspecified atom stereocenters. The Morgan fingerprint density at radius 1 is 1.28 bits per heavy atom. The first kappa shape index (κ1) is 19.5. The fourth-order valence-corrected chi connectivity index (χ4v) is 1.52. The van der Waals surface area contributed by atoms with E-state index < -0.39 is 6.04 Å². The van der Waals surface area contributed by atoms with E-state index in [4.69, 9.17) is 0 Å². The molecule has 0 aliphatic rings. The van der Waals surface area contributed by atoms with E-state index in [1.807, 2.05) is 20.9 Å². The third-order valence-electron chi connectivity index (χ3n) is 2.36. The molecule has 0 bridgehead atoms. The van der Waals surface area contributed by atoms with Gasteiger partial charge in [-0.3, -0.25) is 4.79 Å². The predicted octanol–water partition coefficient (Wildman–Crippen LogP) is 1.11. The summed E-state index contributed by atoms with van der Waals surface area (Å²) in [6.07, 6.45) is 1.79. The third-order valence-corrected chi connectivity index (χ3v) is 2.36. The number of ether oxygens (including phenoxy) is 1. The molecule has 6 heteroatoms. The van der Waals surface area contributed by atoms with E-state index in [0.29, 0.717) is 18.8 Å². The molecule has 0 fully saturated rings. The molecular formula is C12H25ClN2O3. The average molecular weight is 281 g/mol. The van der Waals surface area contributed by atoms with E-state index in [1.165, 1.54) is 7.11 Å². The highest BCUT2D eigenvalue weighted by molar-refractivity contribution is 5.85. The Hall–Kier alpha value is -0.810. The van der Waals surface area contributed by atoms with E-state index in [9.17, 15) is 9.59 Å². The first-order chi connectivity index (χ1) is 8.01. The van der Waals surface area contributed by atoms with Crippen molar-refractivity contribution < 1.29 is 14.3 Å². The molecule has 0 rings (SSSR count). The summed E-state index contributed by atoms with van der Waals surface area (Å²) in [6.45, 7) is 4.80. The Bertz CT molecular complexity index is 247. The molecule has 5 nitrogen and oxygen atoms in total. The molecule has 1 atom stereocenters. The van der Waals surface area contributed by atoms with Crippen molar-refractivity contribution in [1.82, 2.24) is 10.6 Å². The quantitative estimate of drug-likeness (QED) is 0.516. The van der Waals surface area contributed by atoms with Gasteiger partial charge in [-0.05, 0) is 32.4 Å². The summed E-state index contributed by atoms with van der Waals surface area (Å²) in [5.41, 5.74) is 0.